The van der Waals surface area contributed by atoms with Gasteiger partial charge in [0.2, 0.25) is 0 Å². The van der Waals surface area contributed by atoms with Crippen LogP contribution >= 0.6 is 11.8 Å². The topological polar surface area (TPSA) is 215 Å². The maximum Gasteiger partial charge on any atom is 0.435 e. The summed E-state index contributed by atoms with van der Waals surface area (Å²) < 4.78 is 5.91. The number of nitrogens with zero attached hydrogens (tertiary/aromatic N) is 6. The predicted molar refractivity (Wildman–Crippen MR) is 118 cm³/mol. The van der Waals surface area contributed by atoms with Crippen LogP contribution in [-0.2, 0) is 7.05 Å². The molecule has 0 aliphatic carbocycles. The Labute approximate surface area is 195 Å². The molecule has 3 aromatic rings. The molecule has 2 heterocycles. The van der Waals surface area contributed by atoms with Crippen molar-refractivity contribution in [2.24, 2.45) is 12.0 Å². The molecule has 0 saturated carbocycles. The summed E-state index contributed by atoms with van der Waals surface area (Å²) in [5, 5.41) is 44.6. The second-order valence-electron chi connectivity index (χ2n) is 6.98. The number of aromatic nitrogens is 3. The Bertz CT molecular complexity index is 1480. The third-order valence-corrected chi connectivity index (χ3v) is 5.80. The number of anilines is 1. The normalized spacial score (nSPS) is 12.1. The van der Waals surface area contributed by atoms with Gasteiger partial charge < -0.3 is 10.8 Å². The molecule has 1 atom stereocenters. The van der Waals surface area contributed by atoms with Gasteiger partial charge in [0.1, 0.15) is 34.1 Å². The first-order valence-corrected chi connectivity index (χ1v) is 10.4. The lowest BCUT2D eigenvalue weighted by atomic mass is 10.0. The highest BCUT2D eigenvalue weighted by Crippen LogP contribution is 2.35. The molecule has 0 fully saturated rings. The number of non-ortho nitro benzene ring substituents is 1. The van der Waals surface area contributed by atoms with Crippen molar-refractivity contribution >= 4 is 34.9 Å². The Hall–Kier alpha value is -4.69. The number of aryl methyl sites for hydroxylation is 2. The number of thioether (sulfide) groups is 1. The van der Waals surface area contributed by atoms with Gasteiger partial charge in [-0.3, -0.25) is 19.6 Å². The lowest BCUT2D eigenvalue weighted by molar-refractivity contribution is -0.730. The maximum absolute atomic E-state index is 12.8. The zero-order valence-electron chi connectivity index (χ0n) is 18.0. The maximum atomic E-state index is 12.8. The van der Waals surface area contributed by atoms with Crippen LogP contribution < -0.4 is 21.1 Å². The average molecular weight is 480 g/mol. The van der Waals surface area contributed by atoms with Crippen LogP contribution in [0.3, 0.4) is 0 Å². The first-order valence-electron chi connectivity index (χ1n) is 9.47. The van der Waals surface area contributed by atoms with Crippen molar-refractivity contribution in [3.8, 4) is 23.4 Å². The van der Waals surface area contributed by atoms with Gasteiger partial charge in [0.05, 0.1) is 16.2 Å². The van der Waals surface area contributed by atoms with Gasteiger partial charge in [0.15, 0.2) is 7.05 Å². The number of nitriles is 2. The molecule has 172 valence electrons. The number of nitrogen functional groups attached to an aromatic ring is 1. The minimum Gasteiger partial charge on any atom is -0.861 e. The third-order valence-electron chi connectivity index (χ3n) is 4.73. The number of nitrogens with one attached hydrogen (secondary N) is 1. The fourth-order valence-electron chi connectivity index (χ4n) is 2.99. The SMILES string of the molecule is Cc1ccc([N+](=O)[O-])cc1N=C([O-])C(C)Sc1nc(N)c(C#N)c(-c2c(=O)o[nH][n+]2C)c1C#N. The van der Waals surface area contributed by atoms with Crippen LogP contribution in [0.5, 0.6) is 0 Å². The van der Waals surface area contributed by atoms with Gasteiger partial charge in [-0.1, -0.05) is 22.5 Å². The Kier molecular flexibility index (Phi) is 6.65. The van der Waals surface area contributed by atoms with E-state index < -0.39 is 21.7 Å². The van der Waals surface area contributed by atoms with Crippen molar-refractivity contribution < 1.29 is 19.2 Å². The molecular formula is C20H16N8O5S. The Morgan fingerprint density at radius 3 is 2.62 bits per heavy atom. The summed E-state index contributed by atoms with van der Waals surface area (Å²) >= 11 is 0.843. The van der Waals surface area contributed by atoms with Crippen molar-refractivity contribution in [2.75, 3.05) is 5.73 Å². The Balaban J connectivity index is 2.09. The number of benzene rings is 1. The molecule has 0 radical (unpaired) electrons. The lowest BCUT2D eigenvalue weighted by Crippen LogP contribution is -2.34. The van der Waals surface area contributed by atoms with E-state index in [1.807, 2.05) is 12.1 Å². The summed E-state index contributed by atoms with van der Waals surface area (Å²) in [5.74, 6) is -0.888. The zero-order valence-corrected chi connectivity index (χ0v) is 18.8. The van der Waals surface area contributed by atoms with Crippen molar-refractivity contribution in [1.29, 1.82) is 10.5 Å². The molecule has 14 heteroatoms. The van der Waals surface area contributed by atoms with Crippen LogP contribution in [0.15, 0.2) is 37.5 Å². The van der Waals surface area contributed by atoms with Crippen LogP contribution in [0.25, 0.3) is 11.3 Å². The number of aliphatic imine (C=N–C) groups is 1. The van der Waals surface area contributed by atoms with E-state index in [1.165, 1.54) is 36.9 Å². The van der Waals surface area contributed by atoms with E-state index in [2.05, 4.69) is 15.2 Å². The molecule has 0 aliphatic rings. The molecular weight excluding hydrogens is 464 g/mol. The quantitative estimate of drug-likeness (QED) is 0.127. The molecule has 13 nitrogen and oxygen atoms in total. The van der Waals surface area contributed by atoms with Gasteiger partial charge in [0, 0.05) is 17.4 Å². The van der Waals surface area contributed by atoms with E-state index >= 15 is 0 Å². The molecule has 0 spiro atoms. The number of nitro groups is 1. The minimum atomic E-state index is -0.894. The monoisotopic (exact) mass is 480 g/mol. The molecule has 1 aromatic carbocycles. The van der Waals surface area contributed by atoms with Gasteiger partial charge in [-0.2, -0.15) is 10.5 Å². The highest BCUT2D eigenvalue weighted by atomic mass is 32.2. The molecule has 1 unspecified atom stereocenters. The smallest absolute Gasteiger partial charge is 0.435 e. The van der Waals surface area contributed by atoms with Gasteiger partial charge in [-0.25, -0.2) is 9.78 Å². The predicted octanol–water partition coefficient (Wildman–Crippen LogP) is 0.968. The molecule has 34 heavy (non-hydrogen) atoms. The van der Waals surface area contributed by atoms with Crippen molar-refractivity contribution in [2.45, 2.75) is 24.1 Å². The second-order valence-corrected chi connectivity index (χ2v) is 8.31. The van der Waals surface area contributed by atoms with Crippen molar-refractivity contribution in [3.05, 3.63) is 55.4 Å². The van der Waals surface area contributed by atoms with Crippen LogP contribution in [0.4, 0.5) is 17.2 Å². The summed E-state index contributed by atoms with van der Waals surface area (Å²) in [5.41, 5.74) is 5.02. The Morgan fingerprint density at radius 2 is 2.06 bits per heavy atom. The minimum absolute atomic E-state index is 0.00131. The molecule has 3 rings (SSSR count). The first-order chi connectivity index (χ1) is 16.1. The van der Waals surface area contributed by atoms with E-state index in [0.717, 1.165) is 11.8 Å². The van der Waals surface area contributed by atoms with Gasteiger partial charge in [-0.15, -0.1) is 0 Å². The number of H-pyrrole nitrogens is 1. The van der Waals surface area contributed by atoms with E-state index in [-0.39, 0.29) is 44.6 Å². The highest BCUT2D eigenvalue weighted by Gasteiger charge is 2.31. The molecule has 0 aliphatic heterocycles. The van der Waals surface area contributed by atoms with E-state index in [1.54, 1.807) is 6.92 Å². The standard InChI is InChI=1S/C20H16N8O5S/c1-9-4-5-11(28(31)32)6-14(9)24-18(29)10(2)34-19-13(8-22)15(12(7-21)17(23)25-19)16-20(30)33-26-27(16)3/h4-6,10H,1-3H3,(H3-,23,24,25,26,29,30). The largest absolute Gasteiger partial charge is 0.861 e. The zero-order chi connectivity index (χ0) is 25.2. The van der Waals surface area contributed by atoms with E-state index in [0.29, 0.717) is 5.56 Å². The number of pyridine rings is 1. The highest BCUT2D eigenvalue weighted by molar-refractivity contribution is 8.00. The summed E-state index contributed by atoms with van der Waals surface area (Å²) in [6, 6.07) is 7.73. The van der Waals surface area contributed by atoms with Crippen molar-refractivity contribution in [1.82, 2.24) is 10.3 Å². The molecule has 0 bridgehead atoms. The van der Waals surface area contributed by atoms with Crippen LogP contribution in [-0.4, -0.2) is 26.3 Å². The molecule has 3 N–H and O–H groups in total. The van der Waals surface area contributed by atoms with Gasteiger partial charge in [-0.05, 0) is 30.6 Å². The second kappa shape index (κ2) is 9.43. The van der Waals surface area contributed by atoms with Gasteiger partial charge >= 0.3 is 11.3 Å². The number of hydrogen-bond donors (Lipinski definition) is 2. The number of hydrogen-bond acceptors (Lipinski definition) is 11. The fourth-order valence-corrected chi connectivity index (χ4v) is 3.90. The van der Waals surface area contributed by atoms with E-state index in [4.69, 9.17) is 10.3 Å². The summed E-state index contributed by atoms with van der Waals surface area (Å²) in [6.45, 7) is 3.16. The van der Waals surface area contributed by atoms with Crippen LogP contribution in [0.1, 0.15) is 23.6 Å². The van der Waals surface area contributed by atoms with Gasteiger partial charge in [0.25, 0.3) is 5.69 Å². The summed E-state index contributed by atoms with van der Waals surface area (Å²) in [4.78, 5) is 30.7. The van der Waals surface area contributed by atoms with Crippen LogP contribution in [0.2, 0.25) is 0 Å². The van der Waals surface area contributed by atoms with Crippen molar-refractivity contribution in [3.63, 3.8) is 0 Å². The molecule has 2 aromatic heterocycles. The number of nitro benzene ring substituents is 1. The number of nitrogens with two attached hydrogens (primary N) is 1. The first kappa shape index (κ1) is 24.0. The summed E-state index contributed by atoms with van der Waals surface area (Å²) in [7, 11) is 1.44. The number of aromatic amines is 1. The number of rotatable bonds is 6. The lowest BCUT2D eigenvalue weighted by Gasteiger charge is -2.20. The third kappa shape index (κ3) is 4.43. The van der Waals surface area contributed by atoms with E-state index in [9.17, 15) is 30.5 Å². The average Bonchev–Trinajstić information content (AvgIpc) is 3.12. The molecule has 0 amide bonds. The van der Waals surface area contributed by atoms with Crippen LogP contribution in [0, 0.1) is 39.7 Å². The summed E-state index contributed by atoms with van der Waals surface area (Å²) in [6.07, 6.45) is 0. The Morgan fingerprint density at radius 1 is 1.38 bits per heavy atom. The fraction of sp³-hybridized carbons (Fsp3) is 0.200. The molecule has 0 saturated heterocycles.